The van der Waals surface area contributed by atoms with Crippen LogP contribution in [0.5, 0.6) is 5.75 Å². The van der Waals surface area contributed by atoms with Crippen molar-refractivity contribution >= 4 is 16.6 Å². The maximum absolute atomic E-state index is 6.18. The summed E-state index contributed by atoms with van der Waals surface area (Å²) in [4.78, 5) is 4.73. The number of nitrogen functional groups attached to an aromatic ring is 1. The summed E-state index contributed by atoms with van der Waals surface area (Å²) >= 11 is 0. The maximum atomic E-state index is 6.18. The van der Waals surface area contributed by atoms with Gasteiger partial charge in [0.25, 0.3) is 0 Å². The average molecular weight is 244 g/mol. The fourth-order valence-corrected chi connectivity index (χ4v) is 2.07. The molecule has 0 bridgehead atoms. The van der Waals surface area contributed by atoms with Crippen LogP contribution in [0.2, 0.25) is 0 Å². The first-order valence-electron chi connectivity index (χ1n) is 6.09. The van der Waals surface area contributed by atoms with Gasteiger partial charge in [-0.15, -0.1) is 0 Å². The Labute approximate surface area is 108 Å². The van der Waals surface area contributed by atoms with Gasteiger partial charge in [0.1, 0.15) is 11.3 Å². The molecule has 3 heteroatoms. The van der Waals surface area contributed by atoms with Crippen LogP contribution in [0.1, 0.15) is 32.0 Å². The van der Waals surface area contributed by atoms with Crippen molar-refractivity contribution in [1.82, 2.24) is 4.98 Å². The van der Waals surface area contributed by atoms with Crippen molar-refractivity contribution in [2.24, 2.45) is 0 Å². The highest BCUT2D eigenvalue weighted by atomic mass is 16.5. The molecule has 0 aliphatic carbocycles. The number of fused-ring (bicyclic) bond motifs is 1. The van der Waals surface area contributed by atoms with Crippen LogP contribution in [0.15, 0.2) is 18.2 Å². The van der Waals surface area contributed by atoms with Gasteiger partial charge in [0.05, 0.1) is 7.11 Å². The Balaban J connectivity index is 2.86. The number of nitrogens with two attached hydrogens (primary N) is 1. The Kier molecular flexibility index (Phi) is 2.93. The van der Waals surface area contributed by atoms with E-state index in [9.17, 15) is 0 Å². The van der Waals surface area contributed by atoms with E-state index in [0.717, 1.165) is 33.6 Å². The van der Waals surface area contributed by atoms with Gasteiger partial charge in [-0.2, -0.15) is 0 Å². The van der Waals surface area contributed by atoms with Crippen molar-refractivity contribution in [2.75, 3.05) is 12.8 Å². The smallest absolute Gasteiger partial charge is 0.145 e. The summed E-state index contributed by atoms with van der Waals surface area (Å²) in [6, 6.07) is 5.92. The number of anilines is 1. The number of methoxy groups -OCH3 is 1. The Morgan fingerprint density at radius 3 is 2.44 bits per heavy atom. The summed E-state index contributed by atoms with van der Waals surface area (Å²) in [5.74, 6) is 0.772. The van der Waals surface area contributed by atoms with Gasteiger partial charge in [0, 0.05) is 22.2 Å². The monoisotopic (exact) mass is 244 g/mol. The maximum Gasteiger partial charge on any atom is 0.145 e. The second kappa shape index (κ2) is 4.16. The normalized spacial score (nSPS) is 11.8. The quantitative estimate of drug-likeness (QED) is 0.836. The lowest BCUT2D eigenvalue weighted by Crippen LogP contribution is -2.14. The molecule has 0 aliphatic heterocycles. The molecule has 0 radical (unpaired) electrons. The molecule has 0 saturated carbocycles. The minimum absolute atomic E-state index is 0.0307. The summed E-state index contributed by atoms with van der Waals surface area (Å²) in [5, 5.41) is 0.988. The number of hydrogen-bond donors (Lipinski definition) is 1. The molecule has 3 nitrogen and oxygen atoms in total. The van der Waals surface area contributed by atoms with Gasteiger partial charge >= 0.3 is 0 Å². The number of ether oxygens (including phenoxy) is 1. The van der Waals surface area contributed by atoms with E-state index in [0.29, 0.717) is 0 Å². The number of rotatable bonds is 1. The predicted octanol–water partition coefficient (Wildman–Crippen LogP) is 3.43. The number of benzene rings is 1. The molecule has 2 rings (SSSR count). The fraction of sp³-hybridized carbons (Fsp3) is 0.400. The largest absolute Gasteiger partial charge is 0.494 e. The van der Waals surface area contributed by atoms with Gasteiger partial charge in [0.2, 0.25) is 0 Å². The molecule has 1 aromatic carbocycles. The minimum Gasteiger partial charge on any atom is -0.494 e. The predicted molar refractivity (Wildman–Crippen MR) is 76.1 cm³/mol. The van der Waals surface area contributed by atoms with Crippen LogP contribution in [-0.2, 0) is 5.41 Å². The molecule has 0 unspecified atom stereocenters. The number of pyridine rings is 1. The summed E-state index contributed by atoms with van der Waals surface area (Å²) < 4.78 is 5.39. The summed E-state index contributed by atoms with van der Waals surface area (Å²) in [6.45, 7) is 8.42. The third-order valence-corrected chi connectivity index (χ3v) is 3.15. The van der Waals surface area contributed by atoms with Crippen molar-refractivity contribution in [2.45, 2.75) is 33.1 Å². The van der Waals surface area contributed by atoms with E-state index in [1.54, 1.807) is 7.11 Å². The SMILES string of the molecule is COc1ccc(C)c2c(N)cc(C(C)(C)C)nc12. The summed E-state index contributed by atoms with van der Waals surface area (Å²) in [5.41, 5.74) is 9.87. The van der Waals surface area contributed by atoms with Gasteiger partial charge in [-0.3, -0.25) is 0 Å². The first kappa shape index (κ1) is 12.7. The lowest BCUT2D eigenvalue weighted by atomic mass is 9.90. The highest BCUT2D eigenvalue weighted by molar-refractivity contribution is 5.96. The van der Waals surface area contributed by atoms with E-state index in [-0.39, 0.29) is 5.41 Å². The first-order valence-corrected chi connectivity index (χ1v) is 6.09. The zero-order chi connectivity index (χ0) is 13.5. The van der Waals surface area contributed by atoms with Gasteiger partial charge in [-0.05, 0) is 24.6 Å². The lowest BCUT2D eigenvalue weighted by molar-refractivity contribution is 0.418. The topological polar surface area (TPSA) is 48.1 Å². The Morgan fingerprint density at radius 2 is 1.89 bits per heavy atom. The van der Waals surface area contributed by atoms with Crippen molar-refractivity contribution in [3.8, 4) is 5.75 Å². The second-order valence-electron chi connectivity index (χ2n) is 5.66. The third-order valence-electron chi connectivity index (χ3n) is 3.15. The second-order valence-corrected chi connectivity index (χ2v) is 5.66. The number of hydrogen-bond acceptors (Lipinski definition) is 3. The van der Waals surface area contributed by atoms with E-state index in [1.165, 1.54) is 0 Å². The molecule has 0 saturated heterocycles. The Morgan fingerprint density at radius 1 is 1.22 bits per heavy atom. The molecule has 2 aromatic rings. The van der Waals surface area contributed by atoms with Crippen LogP contribution < -0.4 is 10.5 Å². The van der Waals surface area contributed by atoms with E-state index >= 15 is 0 Å². The van der Waals surface area contributed by atoms with Crippen LogP contribution in [-0.4, -0.2) is 12.1 Å². The van der Waals surface area contributed by atoms with Crippen molar-refractivity contribution in [3.05, 3.63) is 29.5 Å². The van der Waals surface area contributed by atoms with Crippen molar-refractivity contribution < 1.29 is 4.74 Å². The number of nitrogens with zero attached hydrogens (tertiary/aromatic N) is 1. The minimum atomic E-state index is -0.0307. The first-order chi connectivity index (χ1) is 8.34. The molecular weight excluding hydrogens is 224 g/mol. The van der Waals surface area contributed by atoms with E-state index < -0.39 is 0 Å². The van der Waals surface area contributed by atoms with E-state index in [4.69, 9.17) is 15.5 Å². The fourth-order valence-electron chi connectivity index (χ4n) is 2.07. The lowest BCUT2D eigenvalue weighted by Gasteiger charge is -2.20. The Hall–Kier alpha value is -1.77. The van der Waals surface area contributed by atoms with Gasteiger partial charge in [-0.25, -0.2) is 4.98 Å². The van der Waals surface area contributed by atoms with Gasteiger partial charge < -0.3 is 10.5 Å². The molecule has 0 fully saturated rings. The van der Waals surface area contributed by atoms with Crippen molar-refractivity contribution in [3.63, 3.8) is 0 Å². The molecule has 0 aliphatic rings. The number of aromatic nitrogens is 1. The molecule has 2 N–H and O–H groups in total. The summed E-state index contributed by atoms with van der Waals surface area (Å²) in [6.07, 6.45) is 0. The molecule has 0 spiro atoms. The van der Waals surface area contributed by atoms with E-state index in [2.05, 4.69) is 20.8 Å². The molecule has 18 heavy (non-hydrogen) atoms. The highest BCUT2D eigenvalue weighted by Gasteiger charge is 2.19. The van der Waals surface area contributed by atoms with Crippen LogP contribution in [0.4, 0.5) is 5.69 Å². The standard InChI is InChI=1S/C15H20N2O/c1-9-6-7-11(18-5)14-13(9)10(16)8-12(17-14)15(2,3)4/h6-8H,1-5H3,(H2,16,17). The van der Waals surface area contributed by atoms with Gasteiger partial charge in [-0.1, -0.05) is 26.8 Å². The molecule has 1 aromatic heterocycles. The van der Waals surface area contributed by atoms with Crippen LogP contribution in [0.3, 0.4) is 0 Å². The van der Waals surface area contributed by atoms with E-state index in [1.807, 2.05) is 25.1 Å². The van der Waals surface area contributed by atoms with Crippen LogP contribution in [0.25, 0.3) is 10.9 Å². The number of aryl methyl sites for hydroxylation is 1. The molecular formula is C15H20N2O. The van der Waals surface area contributed by atoms with Gasteiger partial charge in [0.15, 0.2) is 0 Å². The highest BCUT2D eigenvalue weighted by Crippen LogP contribution is 2.34. The zero-order valence-corrected chi connectivity index (χ0v) is 11.7. The van der Waals surface area contributed by atoms with Crippen molar-refractivity contribution in [1.29, 1.82) is 0 Å². The molecule has 0 atom stereocenters. The average Bonchev–Trinajstić information content (AvgIpc) is 2.27. The molecule has 96 valence electrons. The zero-order valence-electron chi connectivity index (χ0n) is 11.7. The third kappa shape index (κ3) is 2.01. The summed E-state index contributed by atoms with van der Waals surface area (Å²) in [7, 11) is 1.66. The molecule has 1 heterocycles. The Bertz CT molecular complexity index is 597. The van der Waals surface area contributed by atoms with Crippen LogP contribution >= 0.6 is 0 Å². The van der Waals surface area contributed by atoms with Crippen LogP contribution in [0, 0.1) is 6.92 Å². The molecule has 0 amide bonds.